The summed E-state index contributed by atoms with van der Waals surface area (Å²) in [5.41, 5.74) is 0.637. The van der Waals surface area contributed by atoms with Crippen molar-refractivity contribution in [1.82, 2.24) is 24.2 Å². The Kier molecular flexibility index (Phi) is 7.41. The number of rotatable bonds is 7. The Morgan fingerprint density at radius 1 is 0.923 bits per heavy atom. The lowest BCUT2D eigenvalue weighted by molar-refractivity contribution is -0.137. The second-order valence-electron chi connectivity index (χ2n) is 10.0. The fraction of sp³-hybridized carbons (Fsp3) is 0.269. The van der Waals surface area contributed by atoms with E-state index in [0.29, 0.717) is 22.8 Å². The molecule has 2 aromatic heterocycles. The topological polar surface area (TPSA) is 114 Å². The van der Waals surface area contributed by atoms with Gasteiger partial charge >= 0.3 is 6.18 Å². The molecule has 0 radical (unpaired) electrons. The summed E-state index contributed by atoms with van der Waals surface area (Å²) in [7, 11) is -3.77. The molecule has 206 valence electrons. The maximum absolute atomic E-state index is 13.6. The molecule has 0 spiro atoms. The summed E-state index contributed by atoms with van der Waals surface area (Å²) in [6.45, 7) is 8.72. The maximum Gasteiger partial charge on any atom is 0.416 e. The highest BCUT2D eigenvalue weighted by Gasteiger charge is 2.31. The summed E-state index contributed by atoms with van der Waals surface area (Å²) in [6, 6.07) is 9.75. The van der Waals surface area contributed by atoms with Crippen molar-refractivity contribution in [1.29, 1.82) is 0 Å². The van der Waals surface area contributed by atoms with Crippen molar-refractivity contribution < 1.29 is 21.6 Å². The normalized spacial score (nSPS) is 12.4. The van der Waals surface area contributed by atoms with Crippen molar-refractivity contribution in [3.8, 4) is 5.69 Å². The van der Waals surface area contributed by atoms with E-state index in [0.717, 1.165) is 12.1 Å². The Morgan fingerprint density at radius 2 is 1.67 bits per heavy atom. The summed E-state index contributed by atoms with van der Waals surface area (Å²) in [6.07, 6.45) is -0.0113. The molecule has 0 bridgehead atoms. The van der Waals surface area contributed by atoms with Crippen molar-refractivity contribution >= 4 is 33.2 Å². The quantitative estimate of drug-likeness (QED) is 0.260. The lowest BCUT2D eigenvalue weighted by atomic mass is 10.1. The van der Waals surface area contributed by atoms with Gasteiger partial charge in [0.1, 0.15) is 5.82 Å². The van der Waals surface area contributed by atoms with Gasteiger partial charge in [-0.25, -0.2) is 23.1 Å². The number of hydrogen-bond acceptors (Lipinski definition) is 7. The number of nitrogens with zero attached hydrogens (tertiary/aromatic N) is 4. The second-order valence-corrected chi connectivity index (χ2v) is 11.7. The predicted octanol–water partition coefficient (Wildman–Crippen LogP) is 5.86. The molecule has 13 heteroatoms. The van der Waals surface area contributed by atoms with Gasteiger partial charge in [0.2, 0.25) is 16.0 Å². The minimum absolute atomic E-state index is 0.0494. The van der Waals surface area contributed by atoms with Crippen LogP contribution >= 0.6 is 0 Å². The molecule has 0 saturated heterocycles. The first-order valence-corrected chi connectivity index (χ1v) is 13.3. The van der Waals surface area contributed by atoms with E-state index in [1.54, 1.807) is 52.9 Å². The summed E-state index contributed by atoms with van der Waals surface area (Å²) in [5.74, 6) is 0.400. The number of imidazole rings is 1. The SMILES string of the molecule is Cc1cn(-c2cc(Nc3ncc(C)c(Nc4cccc(S(=O)(=O)NC(C)(C)C)c4)n3)cc(C(F)(F)F)c2)cn1. The number of sulfonamides is 1. The Hall–Kier alpha value is -3.97. The maximum atomic E-state index is 13.6. The Labute approximate surface area is 224 Å². The van der Waals surface area contributed by atoms with Crippen LogP contribution in [-0.4, -0.2) is 33.5 Å². The smallest absolute Gasteiger partial charge is 0.340 e. The van der Waals surface area contributed by atoms with E-state index in [2.05, 4.69) is 30.3 Å². The van der Waals surface area contributed by atoms with Gasteiger partial charge in [0.25, 0.3) is 0 Å². The second kappa shape index (κ2) is 10.3. The highest BCUT2D eigenvalue weighted by Crippen LogP contribution is 2.34. The molecule has 0 saturated carbocycles. The summed E-state index contributed by atoms with van der Waals surface area (Å²) in [5, 5.41) is 5.92. The number of halogens is 3. The van der Waals surface area contributed by atoms with Gasteiger partial charge in [-0.1, -0.05) is 6.07 Å². The summed E-state index contributed by atoms with van der Waals surface area (Å²) < 4.78 is 70.5. The average Bonchev–Trinajstić information content (AvgIpc) is 3.25. The molecule has 0 aliphatic carbocycles. The van der Waals surface area contributed by atoms with Crippen LogP contribution < -0.4 is 15.4 Å². The number of hydrogen-bond donors (Lipinski definition) is 3. The molecule has 9 nitrogen and oxygen atoms in total. The van der Waals surface area contributed by atoms with Gasteiger partial charge in [-0.2, -0.15) is 18.2 Å². The molecular formula is C26H28F3N7O2S. The zero-order valence-electron chi connectivity index (χ0n) is 21.9. The molecule has 2 heterocycles. The Morgan fingerprint density at radius 3 is 2.31 bits per heavy atom. The molecule has 0 aliphatic heterocycles. The van der Waals surface area contributed by atoms with Crippen molar-refractivity contribution in [3.05, 3.63) is 78.0 Å². The molecule has 4 aromatic rings. The van der Waals surface area contributed by atoms with E-state index in [1.165, 1.54) is 35.3 Å². The third-order valence-electron chi connectivity index (χ3n) is 5.33. The van der Waals surface area contributed by atoms with Crippen LogP contribution in [0.1, 0.15) is 37.6 Å². The van der Waals surface area contributed by atoms with E-state index < -0.39 is 27.3 Å². The molecule has 0 aliphatic rings. The van der Waals surface area contributed by atoms with Crippen molar-refractivity contribution in [3.63, 3.8) is 0 Å². The van der Waals surface area contributed by atoms with Crippen LogP contribution in [0.4, 0.5) is 36.3 Å². The highest BCUT2D eigenvalue weighted by atomic mass is 32.2. The van der Waals surface area contributed by atoms with E-state index >= 15 is 0 Å². The molecule has 0 unspecified atom stereocenters. The third kappa shape index (κ3) is 7.12. The number of aromatic nitrogens is 4. The minimum atomic E-state index is -4.57. The van der Waals surface area contributed by atoms with Crippen molar-refractivity contribution in [2.75, 3.05) is 10.6 Å². The Balaban J connectivity index is 1.63. The van der Waals surface area contributed by atoms with Crippen LogP contribution in [0.15, 0.2) is 66.1 Å². The molecule has 0 atom stereocenters. The van der Waals surface area contributed by atoms with Gasteiger partial charge < -0.3 is 15.2 Å². The van der Waals surface area contributed by atoms with Crippen LogP contribution in [0.5, 0.6) is 0 Å². The fourth-order valence-electron chi connectivity index (χ4n) is 3.66. The first-order valence-electron chi connectivity index (χ1n) is 11.8. The van der Waals surface area contributed by atoms with Crippen LogP contribution in [-0.2, 0) is 16.2 Å². The van der Waals surface area contributed by atoms with Crippen LogP contribution in [0, 0.1) is 13.8 Å². The largest absolute Gasteiger partial charge is 0.416 e. The van der Waals surface area contributed by atoms with Crippen LogP contribution in [0.3, 0.4) is 0 Å². The van der Waals surface area contributed by atoms with Crippen LogP contribution in [0.2, 0.25) is 0 Å². The molecule has 0 fully saturated rings. The predicted molar refractivity (Wildman–Crippen MR) is 143 cm³/mol. The molecule has 3 N–H and O–H groups in total. The van der Waals surface area contributed by atoms with Crippen molar-refractivity contribution in [2.24, 2.45) is 0 Å². The van der Waals surface area contributed by atoms with Gasteiger partial charge in [0.05, 0.1) is 22.5 Å². The van der Waals surface area contributed by atoms with Gasteiger partial charge in [-0.05, 0) is 71.0 Å². The van der Waals surface area contributed by atoms with Gasteiger partial charge in [0.15, 0.2) is 0 Å². The zero-order valence-corrected chi connectivity index (χ0v) is 22.7. The fourth-order valence-corrected chi connectivity index (χ4v) is 5.12. The van der Waals surface area contributed by atoms with Crippen LogP contribution in [0.25, 0.3) is 5.69 Å². The summed E-state index contributed by atoms with van der Waals surface area (Å²) in [4.78, 5) is 12.8. The first-order chi connectivity index (χ1) is 18.1. The van der Waals surface area contributed by atoms with E-state index in [-0.39, 0.29) is 22.2 Å². The lowest BCUT2D eigenvalue weighted by Gasteiger charge is -2.20. The number of benzene rings is 2. The van der Waals surface area contributed by atoms with Gasteiger partial charge in [0, 0.05) is 40.6 Å². The minimum Gasteiger partial charge on any atom is -0.340 e. The molecule has 4 rings (SSSR count). The number of nitrogens with one attached hydrogen (secondary N) is 3. The number of alkyl halides is 3. The van der Waals surface area contributed by atoms with Crippen molar-refractivity contribution in [2.45, 2.75) is 51.2 Å². The molecule has 0 amide bonds. The zero-order chi connectivity index (χ0) is 28.6. The summed E-state index contributed by atoms with van der Waals surface area (Å²) >= 11 is 0. The van der Waals surface area contributed by atoms with E-state index in [9.17, 15) is 21.6 Å². The average molecular weight is 560 g/mol. The first kappa shape index (κ1) is 28.0. The van der Waals surface area contributed by atoms with Gasteiger partial charge in [-0.3, -0.25) is 0 Å². The molecular weight excluding hydrogens is 531 g/mol. The van der Waals surface area contributed by atoms with E-state index in [1.807, 2.05) is 0 Å². The van der Waals surface area contributed by atoms with Gasteiger partial charge in [-0.15, -0.1) is 0 Å². The van der Waals surface area contributed by atoms with E-state index in [4.69, 9.17) is 0 Å². The molecule has 39 heavy (non-hydrogen) atoms. The monoisotopic (exact) mass is 559 g/mol. The Bertz CT molecular complexity index is 1610. The number of anilines is 4. The lowest BCUT2D eigenvalue weighted by Crippen LogP contribution is -2.40. The standard InChI is InChI=1S/C26H28F3N7O2S/c1-16-13-30-24(33-20-9-18(26(27,28)29)10-21(11-20)36-14-17(2)31-15-36)34-23(16)32-19-7-6-8-22(12-19)39(37,38)35-25(3,4)5/h6-15,35H,1-5H3,(H2,30,32,33,34). The molecule has 2 aromatic carbocycles. The highest BCUT2D eigenvalue weighted by molar-refractivity contribution is 7.89. The number of aryl methyl sites for hydroxylation is 2. The third-order valence-corrected chi connectivity index (χ3v) is 7.09.